The molecule has 0 unspecified atom stereocenters. The highest BCUT2D eigenvalue weighted by Gasteiger charge is 2.42. The normalized spacial score (nSPS) is 17.2. The molecule has 1 saturated heterocycles. The molecular weight excluding hydrogens is 512 g/mol. The summed E-state index contributed by atoms with van der Waals surface area (Å²) in [5.74, 6) is -0.287. The van der Waals surface area contributed by atoms with Crippen LogP contribution in [0.25, 0.3) is 0 Å². The minimum atomic E-state index is -0.287. The van der Waals surface area contributed by atoms with Crippen LogP contribution in [-0.2, 0) is 9.53 Å². The Balaban J connectivity index is 1.60. The topological polar surface area (TPSA) is 102 Å². The van der Waals surface area contributed by atoms with Crippen LogP contribution in [0, 0.1) is 13.8 Å². The predicted octanol–water partition coefficient (Wildman–Crippen LogP) is 3.82. The predicted molar refractivity (Wildman–Crippen MR) is 145 cm³/mol. The minimum absolute atomic E-state index is 0.0614. The first-order valence-electron chi connectivity index (χ1n) is 11.5. The molecule has 5 rings (SSSR count). The second kappa shape index (κ2) is 10.3. The number of anilines is 2. The maximum absolute atomic E-state index is 12.0. The molecule has 12 heteroatoms. The van der Waals surface area contributed by atoms with Crippen molar-refractivity contribution in [3.05, 3.63) is 89.0 Å². The maximum atomic E-state index is 12.0. The van der Waals surface area contributed by atoms with Gasteiger partial charge in [0.1, 0.15) is 19.3 Å². The number of thiocarbonyl (C=S) groups is 1. The van der Waals surface area contributed by atoms with Crippen molar-refractivity contribution in [3.8, 4) is 0 Å². The summed E-state index contributed by atoms with van der Waals surface area (Å²) in [6.45, 7) is 4.03. The van der Waals surface area contributed by atoms with E-state index in [2.05, 4.69) is 38.8 Å². The van der Waals surface area contributed by atoms with Crippen LogP contribution < -0.4 is 15.5 Å². The number of amides is 1. The van der Waals surface area contributed by atoms with E-state index in [1.807, 2.05) is 45.4 Å². The Morgan fingerprint density at radius 1 is 1.19 bits per heavy atom. The number of aryl methyl sites for hydroxylation is 1. The molecule has 3 aromatic heterocycles. The van der Waals surface area contributed by atoms with Gasteiger partial charge in [0, 0.05) is 35.9 Å². The van der Waals surface area contributed by atoms with Crippen molar-refractivity contribution in [3.63, 3.8) is 0 Å². The number of hydrogen-bond donors (Lipinski definition) is 2. The molecule has 1 amide bonds. The molecule has 2 N–H and O–H groups in total. The van der Waals surface area contributed by atoms with Crippen molar-refractivity contribution in [2.24, 2.45) is 0 Å². The van der Waals surface area contributed by atoms with Gasteiger partial charge in [-0.25, -0.2) is 4.68 Å². The summed E-state index contributed by atoms with van der Waals surface area (Å²) in [5.41, 5.74) is 5.22. The summed E-state index contributed by atoms with van der Waals surface area (Å²) in [7, 11) is 1.46. The van der Waals surface area contributed by atoms with Crippen molar-refractivity contribution in [1.82, 2.24) is 29.9 Å². The molecule has 4 heterocycles. The number of nitrogens with one attached hydrogen (secondary N) is 2. The number of halogens is 1. The van der Waals surface area contributed by atoms with E-state index in [1.54, 1.807) is 31.0 Å². The number of ether oxygens (including phenoxy) is 1. The second-order valence-corrected chi connectivity index (χ2v) is 9.42. The number of aromatic nitrogens is 5. The first-order valence-corrected chi connectivity index (χ1v) is 12.3. The Bertz CT molecular complexity index is 1440. The van der Waals surface area contributed by atoms with Crippen LogP contribution in [0.3, 0.4) is 0 Å². The highest BCUT2D eigenvalue weighted by atomic mass is 35.5. The van der Waals surface area contributed by atoms with E-state index in [-0.39, 0.29) is 24.6 Å². The zero-order valence-corrected chi connectivity index (χ0v) is 22.0. The molecule has 0 aliphatic carbocycles. The lowest BCUT2D eigenvalue weighted by molar-refractivity contribution is -0.119. The van der Waals surface area contributed by atoms with Crippen molar-refractivity contribution < 1.29 is 9.53 Å². The SMILES string of the molecule is COCC(=O)Nc1ccc(N2C(=S)N[C@H](c3ccccn3)[C@@H]2c2cc(C)n(-n3cnnc3)c2C)cc1Cl. The largest absolute Gasteiger partial charge is 0.375 e. The van der Waals surface area contributed by atoms with Gasteiger partial charge in [0.05, 0.1) is 28.5 Å². The summed E-state index contributed by atoms with van der Waals surface area (Å²) in [5, 5.41) is 15.1. The molecule has 1 aromatic carbocycles. The molecule has 1 fully saturated rings. The second-order valence-electron chi connectivity index (χ2n) is 8.62. The Hall–Kier alpha value is -3.80. The molecule has 0 saturated carbocycles. The van der Waals surface area contributed by atoms with Crippen molar-refractivity contribution in [2.45, 2.75) is 25.9 Å². The Kier molecular flexibility index (Phi) is 6.92. The van der Waals surface area contributed by atoms with Gasteiger partial charge in [0.25, 0.3) is 0 Å². The van der Waals surface area contributed by atoms with Gasteiger partial charge in [0.2, 0.25) is 5.91 Å². The number of carbonyl (C=O) groups is 1. The number of carbonyl (C=O) groups excluding carboxylic acids is 1. The third kappa shape index (κ3) is 4.68. The zero-order chi connectivity index (χ0) is 26.1. The molecular formula is C25H25ClN8O2S. The smallest absolute Gasteiger partial charge is 0.250 e. The average molecular weight is 537 g/mol. The molecule has 4 aromatic rings. The Morgan fingerprint density at radius 2 is 1.97 bits per heavy atom. The van der Waals surface area contributed by atoms with E-state index >= 15 is 0 Å². The van der Waals surface area contributed by atoms with Gasteiger partial charge in [-0.3, -0.25) is 14.5 Å². The van der Waals surface area contributed by atoms with Crippen LogP contribution in [0.5, 0.6) is 0 Å². The van der Waals surface area contributed by atoms with Gasteiger partial charge in [0.15, 0.2) is 5.11 Å². The highest BCUT2D eigenvalue weighted by Crippen LogP contribution is 2.44. The van der Waals surface area contributed by atoms with Crippen molar-refractivity contribution in [1.29, 1.82) is 0 Å². The molecule has 190 valence electrons. The average Bonchev–Trinajstić information content (AvgIpc) is 3.59. The Morgan fingerprint density at radius 3 is 2.65 bits per heavy atom. The third-order valence-electron chi connectivity index (χ3n) is 6.27. The highest BCUT2D eigenvalue weighted by molar-refractivity contribution is 7.80. The quantitative estimate of drug-likeness (QED) is 0.344. The van der Waals surface area contributed by atoms with Gasteiger partial charge < -0.3 is 20.3 Å². The first kappa shape index (κ1) is 24.9. The van der Waals surface area contributed by atoms with Crippen molar-refractivity contribution >= 4 is 46.2 Å². The molecule has 0 spiro atoms. The third-order valence-corrected chi connectivity index (χ3v) is 6.90. The number of rotatable bonds is 7. The summed E-state index contributed by atoms with van der Waals surface area (Å²) in [6.07, 6.45) is 5.09. The van der Waals surface area contributed by atoms with E-state index in [0.29, 0.717) is 15.8 Å². The summed E-state index contributed by atoms with van der Waals surface area (Å²) < 4.78 is 8.78. The van der Waals surface area contributed by atoms with Crippen LogP contribution in [-0.4, -0.2) is 49.3 Å². The molecule has 1 aliphatic heterocycles. The lowest BCUT2D eigenvalue weighted by Gasteiger charge is -2.28. The summed E-state index contributed by atoms with van der Waals surface area (Å²) in [6, 6.07) is 13.0. The lowest BCUT2D eigenvalue weighted by atomic mass is 9.96. The minimum Gasteiger partial charge on any atom is -0.375 e. The van der Waals surface area contributed by atoms with E-state index in [9.17, 15) is 4.79 Å². The van der Waals surface area contributed by atoms with Crippen LogP contribution >= 0.6 is 23.8 Å². The molecule has 0 radical (unpaired) electrons. The van der Waals surface area contributed by atoms with Gasteiger partial charge in [-0.05, 0) is 62.5 Å². The monoisotopic (exact) mass is 536 g/mol. The standard InChI is InChI=1S/C25H25ClN8O2S/c1-15-10-18(16(2)34(15)32-13-28-29-14-32)24-23(21-6-4-5-9-27-21)31-25(37)33(24)17-7-8-20(19(26)11-17)30-22(35)12-36-3/h4-11,13-14,23-24H,12H2,1-3H3,(H,30,35)(H,31,37)/t23-,24+/m1/s1. The molecule has 0 bridgehead atoms. The number of hydrogen-bond acceptors (Lipinski definition) is 6. The van der Waals surface area contributed by atoms with Crippen LogP contribution in [0.2, 0.25) is 5.02 Å². The molecule has 10 nitrogen and oxygen atoms in total. The van der Waals surface area contributed by atoms with E-state index < -0.39 is 0 Å². The van der Waals surface area contributed by atoms with Gasteiger partial charge >= 0.3 is 0 Å². The fourth-order valence-electron chi connectivity index (χ4n) is 4.75. The fraction of sp³-hybridized carbons (Fsp3) is 0.240. The number of pyridine rings is 1. The van der Waals surface area contributed by atoms with Crippen LogP contribution in [0.4, 0.5) is 11.4 Å². The van der Waals surface area contributed by atoms with E-state index in [4.69, 9.17) is 28.6 Å². The van der Waals surface area contributed by atoms with Crippen molar-refractivity contribution in [2.75, 3.05) is 23.9 Å². The first-order chi connectivity index (χ1) is 17.9. The number of benzene rings is 1. The van der Waals surface area contributed by atoms with Gasteiger partial charge in [-0.1, -0.05) is 17.7 Å². The van der Waals surface area contributed by atoms with Gasteiger partial charge in [-0.15, -0.1) is 10.2 Å². The van der Waals surface area contributed by atoms with E-state index in [0.717, 1.165) is 28.3 Å². The van der Waals surface area contributed by atoms with Gasteiger partial charge in [-0.2, -0.15) is 0 Å². The molecule has 1 aliphatic rings. The number of methoxy groups -OCH3 is 1. The summed E-state index contributed by atoms with van der Waals surface area (Å²) >= 11 is 12.4. The fourth-order valence-corrected chi connectivity index (χ4v) is 5.32. The summed E-state index contributed by atoms with van der Waals surface area (Å²) in [4.78, 5) is 18.7. The maximum Gasteiger partial charge on any atom is 0.250 e. The van der Waals surface area contributed by atoms with Crippen LogP contribution in [0.15, 0.2) is 61.3 Å². The molecule has 37 heavy (non-hydrogen) atoms. The zero-order valence-electron chi connectivity index (χ0n) is 20.4. The van der Waals surface area contributed by atoms with Crippen LogP contribution in [0.1, 0.15) is 34.7 Å². The lowest BCUT2D eigenvalue weighted by Crippen LogP contribution is -2.29. The molecule has 2 atom stereocenters. The Labute approximate surface area is 224 Å². The van der Waals surface area contributed by atoms with E-state index in [1.165, 1.54) is 7.11 Å². The number of nitrogens with zero attached hydrogens (tertiary/aromatic N) is 6.